The van der Waals surface area contributed by atoms with Crippen LogP contribution >= 0.6 is 11.6 Å². The highest BCUT2D eigenvalue weighted by Crippen LogP contribution is 2.38. The smallest absolute Gasteiger partial charge is 0.345 e. The predicted molar refractivity (Wildman–Crippen MR) is 177 cm³/mol. The van der Waals surface area contributed by atoms with Crippen molar-refractivity contribution in [2.24, 2.45) is 0 Å². The summed E-state index contributed by atoms with van der Waals surface area (Å²) in [5.74, 6) is -1.00. The number of aryl methyl sites for hydroxylation is 2. The summed E-state index contributed by atoms with van der Waals surface area (Å²) in [6.07, 6.45) is 0. The Balaban J connectivity index is 1.53. The van der Waals surface area contributed by atoms with Crippen molar-refractivity contribution in [3.05, 3.63) is 163 Å². The molecule has 0 aliphatic rings. The second kappa shape index (κ2) is 12.8. The lowest BCUT2D eigenvalue weighted by molar-refractivity contribution is 0.0728. The molecule has 2 N–H and O–H groups in total. The summed E-state index contributed by atoms with van der Waals surface area (Å²) >= 11 is 6.24. The maximum atomic E-state index is 14.2. The van der Waals surface area contributed by atoms with Gasteiger partial charge in [-0.2, -0.15) is 0 Å². The second-order valence-corrected chi connectivity index (χ2v) is 11.1. The predicted octanol–water partition coefficient (Wildman–Crippen LogP) is 6.71. The highest BCUT2D eigenvalue weighted by molar-refractivity contribution is 6.33. The highest BCUT2D eigenvalue weighted by atomic mass is 35.5. The fourth-order valence-electron chi connectivity index (χ4n) is 5.63. The molecule has 0 radical (unpaired) electrons. The van der Waals surface area contributed by atoms with Crippen LogP contribution < -0.4 is 20.6 Å². The van der Waals surface area contributed by atoms with Crippen LogP contribution in [0.4, 0.5) is 0 Å². The van der Waals surface area contributed by atoms with Crippen LogP contribution in [-0.4, -0.2) is 32.1 Å². The first kappa shape index (κ1) is 30.5. The van der Waals surface area contributed by atoms with Crippen LogP contribution in [0.2, 0.25) is 5.02 Å². The summed E-state index contributed by atoms with van der Waals surface area (Å²) in [5.41, 5.74) is 3.50. The van der Waals surface area contributed by atoms with E-state index in [1.807, 2.05) is 81.4 Å². The number of nitrogens with one attached hydrogen (secondary N) is 2. The number of hydrogen-bond acceptors (Lipinski definition) is 5. The number of ether oxygens (including phenoxy) is 2. The molecule has 0 saturated heterocycles. The third-order valence-electron chi connectivity index (χ3n) is 7.74. The van der Waals surface area contributed by atoms with Gasteiger partial charge in [0.25, 0.3) is 11.1 Å². The van der Waals surface area contributed by atoms with E-state index in [9.17, 15) is 14.4 Å². The summed E-state index contributed by atoms with van der Waals surface area (Å²) in [6.45, 7) is 5.71. The van der Waals surface area contributed by atoms with Crippen molar-refractivity contribution in [1.82, 2.24) is 19.6 Å². The number of nitrogens with zero attached hydrogens (tertiary/aromatic N) is 2. The van der Waals surface area contributed by atoms with Crippen molar-refractivity contribution < 1.29 is 14.3 Å². The molecule has 4 aromatic carbocycles. The maximum absolute atomic E-state index is 14.2. The van der Waals surface area contributed by atoms with Crippen molar-refractivity contribution in [2.45, 2.75) is 26.7 Å². The van der Waals surface area contributed by atoms with Crippen molar-refractivity contribution >= 4 is 17.6 Å². The lowest BCUT2D eigenvalue weighted by atomic mass is 9.85. The third kappa shape index (κ3) is 5.68. The van der Waals surface area contributed by atoms with Gasteiger partial charge in [-0.1, -0.05) is 66.2 Å². The molecule has 232 valence electrons. The number of rotatable bonds is 9. The number of esters is 1. The zero-order valence-corrected chi connectivity index (χ0v) is 26.2. The summed E-state index contributed by atoms with van der Waals surface area (Å²) in [6, 6.07) is 30.1. The molecule has 46 heavy (non-hydrogen) atoms. The summed E-state index contributed by atoms with van der Waals surface area (Å²) in [4.78, 5) is 41.4. The molecule has 0 aliphatic heterocycles. The highest BCUT2D eigenvalue weighted by Gasteiger charge is 2.32. The number of aromatic amines is 2. The Morgan fingerprint density at radius 2 is 1.26 bits per heavy atom. The molecule has 0 saturated carbocycles. The van der Waals surface area contributed by atoms with Crippen molar-refractivity contribution in [1.29, 1.82) is 0 Å². The first-order valence-electron chi connectivity index (χ1n) is 14.8. The minimum atomic E-state index is -0.810. The van der Waals surface area contributed by atoms with E-state index in [-0.39, 0.29) is 39.8 Å². The Kier molecular flexibility index (Phi) is 8.50. The molecule has 0 aliphatic carbocycles. The zero-order valence-electron chi connectivity index (χ0n) is 25.4. The van der Waals surface area contributed by atoms with Gasteiger partial charge >= 0.3 is 5.97 Å². The van der Waals surface area contributed by atoms with E-state index in [1.165, 1.54) is 9.36 Å². The van der Waals surface area contributed by atoms with Gasteiger partial charge in [-0.15, -0.1) is 0 Å². The number of carbonyl (C=O) groups is 1. The topological polar surface area (TPSA) is 111 Å². The average molecular weight is 635 g/mol. The molecular weight excluding hydrogens is 604 g/mol. The van der Waals surface area contributed by atoms with Crippen LogP contribution in [-0.2, 0) is 0 Å². The van der Waals surface area contributed by atoms with E-state index in [2.05, 4.69) is 10.2 Å². The third-order valence-corrected chi connectivity index (χ3v) is 8.07. The van der Waals surface area contributed by atoms with Gasteiger partial charge in [-0.3, -0.25) is 19.8 Å². The van der Waals surface area contributed by atoms with Crippen LogP contribution in [0.25, 0.3) is 11.4 Å². The molecule has 9 nitrogen and oxygen atoms in total. The minimum Gasteiger partial charge on any atom is -0.490 e. The molecule has 0 amide bonds. The number of aromatic nitrogens is 4. The average Bonchev–Trinajstić information content (AvgIpc) is 3.53. The molecule has 10 heteroatoms. The molecule has 0 bridgehead atoms. The van der Waals surface area contributed by atoms with Crippen molar-refractivity contribution in [2.75, 3.05) is 6.61 Å². The quantitative estimate of drug-likeness (QED) is 0.136. The molecule has 0 fully saturated rings. The second-order valence-electron chi connectivity index (χ2n) is 10.7. The number of benzene rings is 4. The summed E-state index contributed by atoms with van der Waals surface area (Å²) < 4.78 is 14.6. The van der Waals surface area contributed by atoms with Gasteiger partial charge in [-0.25, -0.2) is 14.2 Å². The van der Waals surface area contributed by atoms with E-state index >= 15 is 0 Å². The van der Waals surface area contributed by atoms with E-state index in [1.54, 1.807) is 42.5 Å². The number of carbonyl (C=O) groups excluding carboxylic acids is 1. The van der Waals surface area contributed by atoms with Crippen LogP contribution in [0, 0.1) is 13.8 Å². The standard InChI is InChI=1S/C36H31ClN4O5/c1-4-45-30-21-24(19-20-29(30)46-36(44)27-17-11-12-18-28(27)37)33(31-22(2)38-40(34(31)42)25-13-7-5-8-14-25)32-23(3)39-41(35(32)43)26-15-9-6-10-16-26/h5-21,33,38-39H,4H2,1-3H3. The molecular formula is C36H31ClN4O5. The van der Waals surface area contributed by atoms with Gasteiger partial charge in [-0.05, 0) is 74.9 Å². The summed E-state index contributed by atoms with van der Waals surface area (Å²) in [7, 11) is 0. The fourth-order valence-corrected chi connectivity index (χ4v) is 5.85. The van der Waals surface area contributed by atoms with Crippen molar-refractivity contribution in [3.8, 4) is 22.9 Å². The first-order valence-corrected chi connectivity index (χ1v) is 15.1. The molecule has 0 atom stereocenters. The van der Waals surface area contributed by atoms with Crippen LogP contribution in [0.5, 0.6) is 11.5 Å². The normalized spacial score (nSPS) is 11.2. The molecule has 6 rings (SSSR count). The van der Waals surface area contributed by atoms with E-state index in [4.69, 9.17) is 21.1 Å². The monoisotopic (exact) mass is 634 g/mol. The molecule has 6 aromatic rings. The van der Waals surface area contributed by atoms with Crippen LogP contribution in [0.3, 0.4) is 0 Å². The van der Waals surface area contributed by atoms with Crippen LogP contribution in [0.1, 0.15) is 51.3 Å². The van der Waals surface area contributed by atoms with Crippen LogP contribution in [0.15, 0.2) is 113 Å². The minimum absolute atomic E-state index is 0.175. The summed E-state index contributed by atoms with van der Waals surface area (Å²) in [5, 5.41) is 6.66. The first-order chi connectivity index (χ1) is 22.3. The van der Waals surface area contributed by atoms with Gasteiger partial charge in [0.2, 0.25) is 0 Å². The van der Waals surface area contributed by atoms with Gasteiger partial charge in [0.1, 0.15) is 0 Å². The van der Waals surface area contributed by atoms with E-state index in [0.717, 1.165) is 0 Å². The SMILES string of the molecule is CCOc1cc(C(c2c(C)[nH]n(-c3ccccc3)c2=O)c2c(C)[nH]n(-c3ccccc3)c2=O)ccc1OC(=O)c1ccccc1Cl. The zero-order chi connectivity index (χ0) is 32.4. The molecule has 2 heterocycles. The Hall–Kier alpha value is -5.54. The maximum Gasteiger partial charge on any atom is 0.345 e. The Morgan fingerprint density at radius 1 is 0.739 bits per heavy atom. The molecule has 0 unspecified atom stereocenters. The number of para-hydroxylation sites is 2. The fraction of sp³-hybridized carbons (Fsp3) is 0.139. The lowest BCUT2D eigenvalue weighted by Gasteiger charge is -2.19. The lowest BCUT2D eigenvalue weighted by Crippen LogP contribution is -2.25. The Morgan fingerprint density at radius 3 is 1.78 bits per heavy atom. The molecule has 2 aromatic heterocycles. The van der Waals surface area contributed by atoms with Gasteiger partial charge < -0.3 is 9.47 Å². The van der Waals surface area contributed by atoms with Crippen molar-refractivity contribution in [3.63, 3.8) is 0 Å². The van der Waals surface area contributed by atoms with Gasteiger partial charge in [0.15, 0.2) is 11.5 Å². The number of H-pyrrole nitrogens is 2. The van der Waals surface area contributed by atoms with E-state index < -0.39 is 11.9 Å². The Labute approximate surface area is 269 Å². The Bertz CT molecular complexity index is 2050. The number of halogens is 1. The number of hydrogen-bond donors (Lipinski definition) is 2. The van der Waals surface area contributed by atoms with Gasteiger partial charge in [0, 0.05) is 17.3 Å². The largest absolute Gasteiger partial charge is 0.490 e. The van der Waals surface area contributed by atoms with Gasteiger partial charge in [0.05, 0.1) is 39.7 Å². The molecule has 0 spiro atoms. The van der Waals surface area contributed by atoms with E-state index in [0.29, 0.717) is 39.5 Å².